The molecule has 0 spiro atoms. The molecule has 0 bridgehead atoms. The second kappa shape index (κ2) is 7.37. The molecule has 6 nitrogen and oxygen atoms in total. The molecule has 110 valence electrons. The molecule has 0 aliphatic heterocycles. The van der Waals surface area contributed by atoms with Gasteiger partial charge in [0.2, 0.25) is 0 Å². The number of hydrogen-bond acceptors (Lipinski definition) is 3. The number of nitrogens with one attached hydrogen (secondary N) is 2. The van der Waals surface area contributed by atoms with E-state index in [2.05, 4.69) is 10.6 Å². The first-order chi connectivity index (χ1) is 9.47. The van der Waals surface area contributed by atoms with Crippen molar-refractivity contribution in [2.45, 2.75) is 26.3 Å². The zero-order chi connectivity index (χ0) is 15.1. The maximum Gasteiger partial charge on any atom is 0.326 e. The molecule has 0 unspecified atom stereocenters. The number of ether oxygens (including phenoxy) is 1. The number of hydrogen-bond donors (Lipinski definition) is 3. The predicted octanol–water partition coefficient (Wildman–Crippen LogP) is 2.32. The highest BCUT2D eigenvalue weighted by Gasteiger charge is 2.25. The van der Waals surface area contributed by atoms with Crippen molar-refractivity contribution < 1.29 is 19.4 Å². The third kappa shape index (κ3) is 4.46. The Balaban J connectivity index is 2.68. The summed E-state index contributed by atoms with van der Waals surface area (Å²) in [7, 11) is 1.53. The maximum absolute atomic E-state index is 11.8. The Morgan fingerprint density at radius 1 is 1.40 bits per heavy atom. The fourth-order valence-electron chi connectivity index (χ4n) is 1.69. The van der Waals surface area contributed by atoms with E-state index in [-0.39, 0.29) is 5.92 Å². The van der Waals surface area contributed by atoms with Crippen molar-refractivity contribution in [3.63, 3.8) is 0 Å². The van der Waals surface area contributed by atoms with Crippen LogP contribution in [0.5, 0.6) is 5.75 Å². The molecule has 0 heterocycles. The minimum absolute atomic E-state index is 0.149. The van der Waals surface area contributed by atoms with Gasteiger partial charge >= 0.3 is 12.0 Å². The van der Waals surface area contributed by atoms with Gasteiger partial charge in [0.1, 0.15) is 11.8 Å². The molecule has 1 aromatic carbocycles. The molecule has 1 aromatic rings. The van der Waals surface area contributed by atoms with Crippen LogP contribution < -0.4 is 15.4 Å². The van der Waals surface area contributed by atoms with Crippen LogP contribution in [0.2, 0.25) is 0 Å². The molecule has 0 fully saturated rings. The molecule has 20 heavy (non-hydrogen) atoms. The van der Waals surface area contributed by atoms with Gasteiger partial charge < -0.3 is 20.5 Å². The molecule has 2 amide bonds. The lowest BCUT2D eigenvalue weighted by Gasteiger charge is -2.20. The van der Waals surface area contributed by atoms with E-state index in [0.29, 0.717) is 17.9 Å². The van der Waals surface area contributed by atoms with Crippen LogP contribution in [0.25, 0.3) is 0 Å². The van der Waals surface area contributed by atoms with Crippen molar-refractivity contribution in [1.82, 2.24) is 5.32 Å². The summed E-state index contributed by atoms with van der Waals surface area (Å²) in [6, 6.07) is 5.37. The summed E-state index contributed by atoms with van der Waals surface area (Å²) in [4.78, 5) is 22.9. The topological polar surface area (TPSA) is 87.7 Å². The first kappa shape index (κ1) is 15.8. The molecular weight excluding hydrogens is 260 g/mol. The summed E-state index contributed by atoms with van der Waals surface area (Å²) in [6.07, 6.45) is 0.663. The van der Waals surface area contributed by atoms with E-state index in [1.807, 2.05) is 6.92 Å². The van der Waals surface area contributed by atoms with Crippen LogP contribution in [0, 0.1) is 5.92 Å². The minimum atomic E-state index is -1.04. The number of carboxylic acids is 1. The first-order valence-electron chi connectivity index (χ1n) is 6.42. The second-order valence-electron chi connectivity index (χ2n) is 4.53. The normalized spacial score (nSPS) is 13.2. The number of carboxylic acid groups (broad SMARTS) is 1. The van der Waals surface area contributed by atoms with Gasteiger partial charge in [-0.25, -0.2) is 9.59 Å². The summed E-state index contributed by atoms with van der Waals surface area (Å²) < 4.78 is 5.05. The Labute approximate surface area is 118 Å². The molecule has 0 aliphatic carbocycles. The van der Waals surface area contributed by atoms with Crippen molar-refractivity contribution >= 4 is 17.7 Å². The summed E-state index contributed by atoms with van der Waals surface area (Å²) in [6.45, 7) is 3.66. The van der Waals surface area contributed by atoms with Gasteiger partial charge in [0.25, 0.3) is 0 Å². The molecule has 2 atom stereocenters. The van der Waals surface area contributed by atoms with Crippen LogP contribution in [-0.2, 0) is 4.79 Å². The van der Waals surface area contributed by atoms with Gasteiger partial charge in [0.05, 0.1) is 7.11 Å². The van der Waals surface area contributed by atoms with Crippen LogP contribution in [-0.4, -0.2) is 30.3 Å². The lowest BCUT2D eigenvalue weighted by molar-refractivity contribution is -0.140. The van der Waals surface area contributed by atoms with E-state index in [1.165, 1.54) is 7.11 Å². The zero-order valence-electron chi connectivity index (χ0n) is 11.8. The van der Waals surface area contributed by atoms with E-state index in [1.54, 1.807) is 31.2 Å². The molecule has 0 saturated heterocycles. The second-order valence-corrected chi connectivity index (χ2v) is 4.53. The quantitative estimate of drug-likeness (QED) is 0.746. The fraction of sp³-hybridized carbons (Fsp3) is 0.429. The highest BCUT2D eigenvalue weighted by molar-refractivity contribution is 5.92. The number of methoxy groups -OCH3 is 1. The van der Waals surface area contributed by atoms with Crippen LogP contribution in [0.4, 0.5) is 10.5 Å². The highest BCUT2D eigenvalue weighted by atomic mass is 16.5. The Hall–Kier alpha value is -2.24. The summed E-state index contributed by atoms with van der Waals surface area (Å²) in [5, 5.41) is 14.2. The molecule has 6 heteroatoms. The van der Waals surface area contributed by atoms with Crippen molar-refractivity contribution in [2.24, 2.45) is 5.92 Å². The van der Waals surface area contributed by atoms with Crippen molar-refractivity contribution in [1.29, 1.82) is 0 Å². The van der Waals surface area contributed by atoms with Gasteiger partial charge in [-0.15, -0.1) is 0 Å². The number of carbonyl (C=O) groups is 2. The zero-order valence-corrected chi connectivity index (χ0v) is 11.8. The van der Waals surface area contributed by atoms with E-state index >= 15 is 0 Å². The van der Waals surface area contributed by atoms with E-state index in [0.717, 1.165) is 0 Å². The Kier molecular flexibility index (Phi) is 5.83. The maximum atomic E-state index is 11.8. The van der Waals surface area contributed by atoms with Crippen molar-refractivity contribution in [2.75, 3.05) is 12.4 Å². The Morgan fingerprint density at radius 2 is 2.10 bits per heavy atom. The minimum Gasteiger partial charge on any atom is -0.497 e. The number of aliphatic carboxylic acids is 1. The third-order valence-corrected chi connectivity index (χ3v) is 3.09. The monoisotopic (exact) mass is 280 g/mol. The predicted molar refractivity (Wildman–Crippen MR) is 76.0 cm³/mol. The van der Waals surface area contributed by atoms with E-state index < -0.39 is 18.0 Å². The fourth-order valence-corrected chi connectivity index (χ4v) is 1.69. The summed E-state index contributed by atoms with van der Waals surface area (Å²) in [5.74, 6) is -0.580. The number of anilines is 1. The van der Waals surface area contributed by atoms with Gasteiger partial charge in [-0.05, 0) is 18.1 Å². The van der Waals surface area contributed by atoms with Crippen molar-refractivity contribution in [3.05, 3.63) is 24.3 Å². The largest absolute Gasteiger partial charge is 0.497 e. The summed E-state index contributed by atoms with van der Waals surface area (Å²) in [5.41, 5.74) is 0.537. The van der Waals surface area contributed by atoms with Crippen LogP contribution in [0.15, 0.2) is 24.3 Å². The number of urea groups is 1. The lowest BCUT2D eigenvalue weighted by Crippen LogP contribution is -2.46. The molecule has 0 saturated carbocycles. The standard InChI is InChI=1S/C14H20N2O4/c1-4-9(2)12(13(17)18)16-14(19)15-10-6-5-7-11(8-10)20-3/h5-9,12H,4H2,1-3H3,(H,17,18)(H2,15,16,19)/t9-,12+/m1/s1. The van der Waals surface area contributed by atoms with Gasteiger partial charge in [-0.1, -0.05) is 26.3 Å². The molecular formula is C14H20N2O4. The van der Waals surface area contributed by atoms with Crippen LogP contribution in [0.3, 0.4) is 0 Å². The number of benzene rings is 1. The SMILES string of the molecule is CC[C@@H](C)[C@H](NC(=O)Nc1cccc(OC)c1)C(=O)O. The number of carbonyl (C=O) groups excluding carboxylic acids is 1. The number of amides is 2. The Bertz CT molecular complexity index is 476. The van der Waals surface area contributed by atoms with Gasteiger partial charge in [-0.3, -0.25) is 0 Å². The average molecular weight is 280 g/mol. The van der Waals surface area contributed by atoms with E-state index in [9.17, 15) is 9.59 Å². The summed E-state index contributed by atoms with van der Waals surface area (Å²) >= 11 is 0. The molecule has 0 aliphatic rings. The van der Waals surface area contributed by atoms with Crippen LogP contribution >= 0.6 is 0 Å². The van der Waals surface area contributed by atoms with Gasteiger partial charge in [-0.2, -0.15) is 0 Å². The highest BCUT2D eigenvalue weighted by Crippen LogP contribution is 2.16. The molecule has 3 N–H and O–H groups in total. The lowest BCUT2D eigenvalue weighted by atomic mass is 9.99. The first-order valence-corrected chi connectivity index (χ1v) is 6.42. The molecule has 0 aromatic heterocycles. The molecule has 1 rings (SSSR count). The van der Waals surface area contributed by atoms with Crippen molar-refractivity contribution in [3.8, 4) is 5.75 Å². The van der Waals surface area contributed by atoms with E-state index in [4.69, 9.17) is 9.84 Å². The smallest absolute Gasteiger partial charge is 0.326 e. The van der Waals surface area contributed by atoms with Gasteiger partial charge in [0, 0.05) is 11.8 Å². The average Bonchev–Trinajstić information content (AvgIpc) is 2.43. The Morgan fingerprint density at radius 3 is 2.65 bits per heavy atom. The third-order valence-electron chi connectivity index (χ3n) is 3.09. The molecule has 0 radical (unpaired) electrons. The van der Waals surface area contributed by atoms with Crippen LogP contribution in [0.1, 0.15) is 20.3 Å². The van der Waals surface area contributed by atoms with Gasteiger partial charge in [0.15, 0.2) is 0 Å². The number of rotatable bonds is 6.